The number of aliphatic carboxylic acids is 1. The first kappa shape index (κ1) is 11.4. The second-order valence-electron chi connectivity index (χ2n) is 3.80. The van der Waals surface area contributed by atoms with Crippen molar-refractivity contribution in [2.24, 2.45) is 5.92 Å². The van der Waals surface area contributed by atoms with Crippen molar-refractivity contribution in [1.82, 2.24) is 4.98 Å². The summed E-state index contributed by atoms with van der Waals surface area (Å²) < 4.78 is 4.96. The van der Waals surface area contributed by atoms with Gasteiger partial charge in [0.15, 0.2) is 0 Å². The minimum absolute atomic E-state index is 0.0308. The summed E-state index contributed by atoms with van der Waals surface area (Å²) in [6.07, 6.45) is 1.53. The molecule has 0 spiro atoms. The van der Waals surface area contributed by atoms with Crippen LogP contribution in [0.1, 0.15) is 6.42 Å². The predicted molar refractivity (Wildman–Crippen MR) is 58.9 cm³/mol. The number of ether oxygens (including phenoxy) is 1. The molecule has 6 nitrogen and oxygen atoms in total. The minimum atomic E-state index is -0.950. The summed E-state index contributed by atoms with van der Waals surface area (Å²) in [6, 6.07) is 3.32. The molecule has 1 atom stereocenters. The fraction of sp³-hybridized carbons (Fsp3) is 0.364. The van der Waals surface area contributed by atoms with E-state index in [2.05, 4.69) is 4.98 Å². The maximum Gasteiger partial charge on any atom is 0.308 e. The molecule has 1 amide bonds. The zero-order valence-corrected chi connectivity index (χ0v) is 9.29. The van der Waals surface area contributed by atoms with Gasteiger partial charge in [-0.05, 0) is 12.1 Å². The fourth-order valence-electron chi connectivity index (χ4n) is 1.75. The fourth-order valence-corrected chi connectivity index (χ4v) is 1.75. The second-order valence-corrected chi connectivity index (χ2v) is 3.80. The van der Waals surface area contributed by atoms with Gasteiger partial charge in [0.05, 0.1) is 19.2 Å². The van der Waals surface area contributed by atoms with E-state index in [1.54, 1.807) is 12.1 Å². The van der Waals surface area contributed by atoms with E-state index in [9.17, 15) is 9.59 Å². The number of nitrogens with zero attached hydrogens (tertiary/aromatic N) is 2. The molecule has 0 saturated carbocycles. The smallest absolute Gasteiger partial charge is 0.308 e. The highest BCUT2D eigenvalue weighted by Gasteiger charge is 2.35. The van der Waals surface area contributed by atoms with Gasteiger partial charge < -0.3 is 9.84 Å². The number of hydrogen-bond donors (Lipinski definition) is 1. The van der Waals surface area contributed by atoms with Crippen molar-refractivity contribution in [3.8, 4) is 5.75 Å². The van der Waals surface area contributed by atoms with Crippen LogP contribution in [0, 0.1) is 5.92 Å². The van der Waals surface area contributed by atoms with Gasteiger partial charge in [-0.3, -0.25) is 14.5 Å². The first-order valence-electron chi connectivity index (χ1n) is 5.15. The Hall–Kier alpha value is -2.11. The molecular formula is C11H12N2O4. The molecule has 1 fully saturated rings. The highest BCUT2D eigenvalue weighted by atomic mass is 16.5. The molecule has 90 valence electrons. The molecular weight excluding hydrogens is 224 g/mol. The number of carbonyl (C=O) groups excluding carboxylic acids is 1. The van der Waals surface area contributed by atoms with Crippen molar-refractivity contribution >= 4 is 17.7 Å². The lowest BCUT2D eigenvalue weighted by Gasteiger charge is -2.14. The minimum Gasteiger partial charge on any atom is -0.495 e. The van der Waals surface area contributed by atoms with Crippen molar-refractivity contribution in [3.05, 3.63) is 18.3 Å². The quantitative estimate of drug-likeness (QED) is 0.827. The number of methoxy groups -OCH3 is 1. The third-order valence-electron chi connectivity index (χ3n) is 2.71. The zero-order chi connectivity index (χ0) is 12.4. The van der Waals surface area contributed by atoms with Crippen molar-refractivity contribution < 1.29 is 19.4 Å². The Morgan fingerprint density at radius 1 is 1.59 bits per heavy atom. The van der Waals surface area contributed by atoms with Crippen LogP contribution in [0.4, 0.5) is 5.82 Å². The molecule has 1 aromatic heterocycles. The van der Waals surface area contributed by atoms with Gasteiger partial charge >= 0.3 is 5.97 Å². The van der Waals surface area contributed by atoms with E-state index in [1.807, 2.05) is 0 Å². The average molecular weight is 236 g/mol. The standard InChI is InChI=1S/C11H12N2O4/c1-17-8-2-3-9(12-5-8)13-6-7(11(15)16)4-10(13)14/h2-3,5,7H,4,6H2,1H3,(H,15,16). The normalized spacial score (nSPS) is 19.5. The summed E-state index contributed by atoms with van der Waals surface area (Å²) in [5, 5.41) is 8.86. The van der Waals surface area contributed by atoms with Gasteiger partial charge in [0, 0.05) is 13.0 Å². The van der Waals surface area contributed by atoms with Crippen molar-refractivity contribution in [2.45, 2.75) is 6.42 Å². The maximum atomic E-state index is 11.6. The number of rotatable bonds is 3. The molecule has 0 aromatic carbocycles. The molecule has 0 bridgehead atoms. The average Bonchev–Trinajstić information content (AvgIpc) is 2.72. The summed E-state index contributed by atoms with van der Waals surface area (Å²) in [5.41, 5.74) is 0. The molecule has 6 heteroatoms. The van der Waals surface area contributed by atoms with Crippen molar-refractivity contribution in [3.63, 3.8) is 0 Å². The van der Waals surface area contributed by atoms with Gasteiger partial charge in [-0.15, -0.1) is 0 Å². The van der Waals surface area contributed by atoms with Gasteiger partial charge in [0.1, 0.15) is 11.6 Å². The Kier molecular flexibility index (Phi) is 2.95. The molecule has 1 aliphatic rings. The molecule has 1 saturated heterocycles. The summed E-state index contributed by atoms with van der Waals surface area (Å²) in [4.78, 5) is 27.9. The molecule has 1 aliphatic heterocycles. The number of carboxylic acid groups (broad SMARTS) is 1. The number of carbonyl (C=O) groups is 2. The number of amides is 1. The van der Waals surface area contributed by atoms with E-state index in [4.69, 9.17) is 9.84 Å². The second kappa shape index (κ2) is 4.40. The van der Waals surface area contributed by atoms with Crippen LogP contribution >= 0.6 is 0 Å². The molecule has 1 aromatic rings. The Balaban J connectivity index is 2.17. The first-order valence-corrected chi connectivity index (χ1v) is 5.15. The SMILES string of the molecule is COc1ccc(N2CC(C(=O)O)CC2=O)nc1. The number of carboxylic acids is 1. The van der Waals surface area contributed by atoms with E-state index in [0.29, 0.717) is 11.6 Å². The van der Waals surface area contributed by atoms with Crippen LogP contribution in [-0.2, 0) is 9.59 Å². The molecule has 0 aliphatic carbocycles. The van der Waals surface area contributed by atoms with Crippen LogP contribution < -0.4 is 9.64 Å². The van der Waals surface area contributed by atoms with Crippen LogP contribution in [0.25, 0.3) is 0 Å². The van der Waals surface area contributed by atoms with Gasteiger partial charge in [0.25, 0.3) is 0 Å². The number of pyridine rings is 1. The van der Waals surface area contributed by atoms with E-state index < -0.39 is 11.9 Å². The molecule has 0 radical (unpaired) electrons. The third-order valence-corrected chi connectivity index (χ3v) is 2.71. The summed E-state index contributed by atoms with van der Waals surface area (Å²) in [7, 11) is 1.53. The summed E-state index contributed by atoms with van der Waals surface area (Å²) >= 11 is 0. The Bertz CT molecular complexity index is 443. The van der Waals surface area contributed by atoms with Gasteiger partial charge in [-0.1, -0.05) is 0 Å². The van der Waals surface area contributed by atoms with Crippen LogP contribution in [0.5, 0.6) is 5.75 Å². The lowest BCUT2D eigenvalue weighted by atomic mass is 10.1. The molecule has 1 N–H and O–H groups in total. The predicted octanol–water partition coefficient (Wildman–Crippen LogP) is 0.528. The monoisotopic (exact) mass is 236 g/mol. The summed E-state index contributed by atoms with van der Waals surface area (Å²) in [5.74, 6) is -0.759. The molecule has 2 heterocycles. The molecule has 2 rings (SSSR count). The maximum absolute atomic E-state index is 11.6. The van der Waals surface area contributed by atoms with Crippen LogP contribution in [0.15, 0.2) is 18.3 Å². The van der Waals surface area contributed by atoms with Gasteiger partial charge in [-0.2, -0.15) is 0 Å². The Morgan fingerprint density at radius 3 is 2.82 bits per heavy atom. The highest BCUT2D eigenvalue weighted by molar-refractivity contribution is 5.98. The van der Waals surface area contributed by atoms with E-state index in [0.717, 1.165) is 0 Å². The Labute approximate surface area is 97.8 Å². The number of aromatic nitrogens is 1. The molecule has 1 unspecified atom stereocenters. The van der Waals surface area contributed by atoms with E-state index in [-0.39, 0.29) is 18.9 Å². The lowest BCUT2D eigenvalue weighted by molar-refractivity contribution is -0.141. The highest BCUT2D eigenvalue weighted by Crippen LogP contribution is 2.24. The van der Waals surface area contributed by atoms with E-state index in [1.165, 1.54) is 18.2 Å². The van der Waals surface area contributed by atoms with Gasteiger partial charge in [-0.25, -0.2) is 4.98 Å². The van der Waals surface area contributed by atoms with Gasteiger partial charge in [0.2, 0.25) is 5.91 Å². The van der Waals surface area contributed by atoms with Crippen LogP contribution in [0.2, 0.25) is 0 Å². The summed E-state index contributed by atoms with van der Waals surface area (Å²) in [6.45, 7) is 0.174. The Morgan fingerprint density at radius 2 is 2.35 bits per heavy atom. The topological polar surface area (TPSA) is 79.7 Å². The van der Waals surface area contributed by atoms with E-state index >= 15 is 0 Å². The largest absolute Gasteiger partial charge is 0.495 e. The van der Waals surface area contributed by atoms with Crippen LogP contribution in [0.3, 0.4) is 0 Å². The lowest BCUT2D eigenvalue weighted by Crippen LogP contribution is -2.26. The van der Waals surface area contributed by atoms with Crippen LogP contribution in [-0.4, -0.2) is 35.6 Å². The molecule has 17 heavy (non-hydrogen) atoms. The number of hydrogen-bond acceptors (Lipinski definition) is 4. The van der Waals surface area contributed by atoms with Crippen molar-refractivity contribution in [1.29, 1.82) is 0 Å². The zero-order valence-electron chi connectivity index (χ0n) is 9.29. The first-order chi connectivity index (χ1) is 8.11. The number of anilines is 1. The third kappa shape index (κ3) is 2.20. The van der Waals surface area contributed by atoms with Crippen molar-refractivity contribution in [2.75, 3.05) is 18.6 Å².